The molecule has 0 radical (unpaired) electrons. The number of likely N-dealkylation sites (tertiary alicyclic amines) is 1. The van der Waals surface area contributed by atoms with Gasteiger partial charge < -0.3 is 15.4 Å². The van der Waals surface area contributed by atoms with Gasteiger partial charge in [-0.15, -0.1) is 24.0 Å². The Labute approximate surface area is 199 Å². The average Bonchev–Trinajstić information content (AvgIpc) is 2.64. The first kappa shape index (κ1) is 27.5. The van der Waals surface area contributed by atoms with Gasteiger partial charge in [0.1, 0.15) is 12.1 Å². The van der Waals surface area contributed by atoms with Crippen LogP contribution in [0.1, 0.15) is 44.7 Å². The van der Waals surface area contributed by atoms with E-state index in [1.165, 1.54) is 12.1 Å². The number of carbonyl (C=O) groups excluding carboxylic acids is 1. The Bertz CT molecular complexity index is 743. The fraction of sp³-hybridized carbons (Fsp3) is 0.619. The molecule has 1 aromatic carbocycles. The largest absolute Gasteiger partial charge is 0.459 e. The first-order valence-electron chi connectivity index (χ1n) is 10.0. The molecule has 2 rings (SSSR count). The lowest BCUT2D eigenvalue weighted by Crippen LogP contribution is -2.49. The molecule has 0 aliphatic carbocycles. The second-order valence-corrected chi connectivity index (χ2v) is 8.41. The van der Waals surface area contributed by atoms with E-state index in [0.717, 1.165) is 32.0 Å². The Morgan fingerprint density at radius 1 is 1.23 bits per heavy atom. The lowest BCUT2D eigenvalue weighted by Gasteiger charge is -2.33. The lowest BCUT2D eigenvalue weighted by atomic mass is 10.0. The summed E-state index contributed by atoms with van der Waals surface area (Å²) in [5, 5.41) is 6.25. The van der Waals surface area contributed by atoms with Gasteiger partial charge in [0.05, 0.1) is 5.56 Å². The van der Waals surface area contributed by atoms with Gasteiger partial charge in [0.2, 0.25) is 0 Å². The van der Waals surface area contributed by atoms with E-state index >= 15 is 0 Å². The third-order valence-electron chi connectivity index (χ3n) is 4.63. The summed E-state index contributed by atoms with van der Waals surface area (Å²) in [6, 6.07) is 5.66. The number of hydrogen-bond acceptors (Lipinski definition) is 4. The number of aliphatic imine (C=N–C) groups is 1. The molecule has 2 N–H and O–H groups in total. The number of nitrogens with zero attached hydrogens (tertiary/aromatic N) is 2. The number of alkyl halides is 3. The van der Waals surface area contributed by atoms with Gasteiger partial charge in [0, 0.05) is 32.7 Å². The van der Waals surface area contributed by atoms with E-state index in [4.69, 9.17) is 4.74 Å². The summed E-state index contributed by atoms with van der Waals surface area (Å²) in [7, 11) is 1.63. The van der Waals surface area contributed by atoms with Crippen molar-refractivity contribution < 1.29 is 22.7 Å². The summed E-state index contributed by atoms with van der Waals surface area (Å²) < 4.78 is 43.9. The molecule has 0 saturated carbocycles. The Hall–Kier alpha value is -1.56. The van der Waals surface area contributed by atoms with Gasteiger partial charge in [-0.1, -0.05) is 18.2 Å². The molecular weight excluding hydrogens is 524 g/mol. The number of halogens is 4. The van der Waals surface area contributed by atoms with E-state index in [2.05, 4.69) is 20.5 Å². The van der Waals surface area contributed by atoms with Gasteiger partial charge >= 0.3 is 12.1 Å². The first-order valence-corrected chi connectivity index (χ1v) is 10.0. The molecule has 0 atom stereocenters. The van der Waals surface area contributed by atoms with E-state index in [-0.39, 0.29) is 42.5 Å². The predicted molar refractivity (Wildman–Crippen MR) is 126 cm³/mol. The predicted octanol–water partition coefficient (Wildman–Crippen LogP) is 3.79. The highest BCUT2D eigenvalue weighted by Gasteiger charge is 2.30. The smallest absolute Gasteiger partial charge is 0.416 e. The Morgan fingerprint density at radius 3 is 2.42 bits per heavy atom. The Balaban J connectivity index is 0.00000480. The number of rotatable bonds is 5. The van der Waals surface area contributed by atoms with Gasteiger partial charge in [-0.25, -0.2) is 0 Å². The van der Waals surface area contributed by atoms with Crippen molar-refractivity contribution in [2.45, 2.75) is 58.0 Å². The van der Waals surface area contributed by atoms with Gasteiger partial charge in [-0.05, 0) is 45.2 Å². The highest BCUT2D eigenvalue weighted by molar-refractivity contribution is 14.0. The van der Waals surface area contributed by atoms with E-state index in [1.807, 2.05) is 20.8 Å². The molecule has 0 bridgehead atoms. The van der Waals surface area contributed by atoms with Crippen molar-refractivity contribution in [3.05, 3.63) is 35.4 Å². The molecule has 0 amide bonds. The standard InChI is InChI=1S/C21H31F3N4O2.HI/c1-20(2,3)30-18(29)13-26-19(25-4)27-17-8-10-28(11-9-17)14-15-6-5-7-16(12-15)21(22,23)24;/h5-7,12,17H,8-11,13-14H2,1-4H3,(H2,25,26,27);1H. The van der Waals surface area contributed by atoms with Gasteiger partial charge in [0.25, 0.3) is 0 Å². The number of benzene rings is 1. The SMILES string of the molecule is CN=C(NCC(=O)OC(C)(C)C)NC1CCN(Cc2cccc(C(F)(F)F)c2)CC1.I. The molecule has 176 valence electrons. The molecule has 31 heavy (non-hydrogen) atoms. The molecule has 0 unspecified atom stereocenters. The lowest BCUT2D eigenvalue weighted by molar-refractivity contribution is -0.153. The third kappa shape index (κ3) is 10.1. The molecule has 1 heterocycles. The van der Waals surface area contributed by atoms with Crippen LogP contribution in [0.25, 0.3) is 0 Å². The molecular formula is C21H32F3IN4O2. The monoisotopic (exact) mass is 556 g/mol. The molecule has 1 saturated heterocycles. The van der Waals surface area contributed by atoms with Crippen LogP contribution in [-0.2, 0) is 22.3 Å². The second kappa shape index (κ2) is 11.9. The first-order chi connectivity index (χ1) is 14.0. The second-order valence-electron chi connectivity index (χ2n) is 8.41. The van der Waals surface area contributed by atoms with Gasteiger partial charge in [-0.2, -0.15) is 13.2 Å². The van der Waals surface area contributed by atoms with Crippen molar-refractivity contribution >= 4 is 35.9 Å². The van der Waals surface area contributed by atoms with E-state index in [0.29, 0.717) is 18.1 Å². The van der Waals surface area contributed by atoms with Crippen LogP contribution in [0, 0.1) is 0 Å². The summed E-state index contributed by atoms with van der Waals surface area (Å²) in [5.41, 5.74) is -0.496. The van der Waals surface area contributed by atoms with Crippen LogP contribution in [0.15, 0.2) is 29.3 Å². The van der Waals surface area contributed by atoms with Crippen molar-refractivity contribution in [3.63, 3.8) is 0 Å². The van der Waals surface area contributed by atoms with Crippen LogP contribution in [0.2, 0.25) is 0 Å². The van der Waals surface area contributed by atoms with Crippen molar-refractivity contribution in [2.75, 3.05) is 26.7 Å². The molecule has 1 fully saturated rings. The number of nitrogens with one attached hydrogen (secondary N) is 2. The zero-order valence-corrected chi connectivity index (χ0v) is 20.7. The maximum absolute atomic E-state index is 12.9. The van der Waals surface area contributed by atoms with Crippen molar-refractivity contribution in [1.82, 2.24) is 15.5 Å². The molecule has 1 aromatic rings. The van der Waals surface area contributed by atoms with E-state index < -0.39 is 17.3 Å². The van der Waals surface area contributed by atoms with Crippen LogP contribution in [-0.4, -0.2) is 55.2 Å². The van der Waals surface area contributed by atoms with Crippen molar-refractivity contribution in [3.8, 4) is 0 Å². The number of ether oxygens (including phenoxy) is 1. The topological polar surface area (TPSA) is 66.0 Å². The van der Waals surface area contributed by atoms with Gasteiger partial charge in [0.15, 0.2) is 5.96 Å². The Morgan fingerprint density at radius 2 is 1.87 bits per heavy atom. The van der Waals surface area contributed by atoms with Crippen LogP contribution in [0.3, 0.4) is 0 Å². The van der Waals surface area contributed by atoms with Gasteiger partial charge in [-0.3, -0.25) is 14.7 Å². The quantitative estimate of drug-likeness (QED) is 0.250. The summed E-state index contributed by atoms with van der Waals surface area (Å²) in [6.07, 6.45) is -2.67. The van der Waals surface area contributed by atoms with Crippen molar-refractivity contribution in [2.24, 2.45) is 4.99 Å². The highest BCUT2D eigenvalue weighted by Crippen LogP contribution is 2.30. The van der Waals surface area contributed by atoms with E-state index in [9.17, 15) is 18.0 Å². The summed E-state index contributed by atoms with van der Waals surface area (Å²) >= 11 is 0. The summed E-state index contributed by atoms with van der Waals surface area (Å²) in [6.45, 7) is 7.46. The highest BCUT2D eigenvalue weighted by atomic mass is 127. The fourth-order valence-electron chi connectivity index (χ4n) is 3.26. The minimum atomic E-state index is -4.32. The van der Waals surface area contributed by atoms with Crippen LogP contribution < -0.4 is 10.6 Å². The molecule has 1 aliphatic rings. The minimum absolute atomic E-state index is 0. The normalized spacial score (nSPS) is 16.4. The molecule has 6 nitrogen and oxygen atoms in total. The maximum Gasteiger partial charge on any atom is 0.416 e. The van der Waals surface area contributed by atoms with Crippen LogP contribution in [0.4, 0.5) is 13.2 Å². The third-order valence-corrected chi connectivity index (χ3v) is 4.63. The average molecular weight is 556 g/mol. The fourth-order valence-corrected chi connectivity index (χ4v) is 3.26. The number of guanidine groups is 1. The van der Waals surface area contributed by atoms with Crippen LogP contribution >= 0.6 is 24.0 Å². The summed E-state index contributed by atoms with van der Waals surface area (Å²) in [5.74, 6) is 0.165. The Kier molecular flexibility index (Phi) is 10.5. The van der Waals surface area contributed by atoms with Crippen molar-refractivity contribution in [1.29, 1.82) is 0 Å². The number of hydrogen-bond donors (Lipinski definition) is 2. The molecule has 1 aliphatic heterocycles. The molecule has 10 heteroatoms. The number of piperidine rings is 1. The molecule has 0 aromatic heterocycles. The van der Waals surface area contributed by atoms with Crippen LogP contribution in [0.5, 0.6) is 0 Å². The number of esters is 1. The molecule has 0 spiro atoms. The summed E-state index contributed by atoms with van der Waals surface area (Å²) in [4.78, 5) is 18.1. The maximum atomic E-state index is 12.9. The number of carbonyl (C=O) groups is 1. The van der Waals surface area contributed by atoms with E-state index in [1.54, 1.807) is 13.1 Å². The zero-order valence-electron chi connectivity index (χ0n) is 18.4. The zero-order chi connectivity index (χ0) is 22.4. The minimum Gasteiger partial charge on any atom is -0.459 e.